The molecule has 0 bridgehead atoms. The van der Waals surface area contributed by atoms with E-state index in [1.54, 1.807) is 36.4 Å². The standard InChI is InChI=1S/C19H13BrClNO3S/c1-25-19(24)16-15(11-4-8-14(21)9-5-11)10-26-18(16)22-17(23)12-2-6-13(20)7-3-12/h2-10H,1H3,(H,22,23). The first-order valence-corrected chi connectivity index (χ1v) is 9.57. The predicted octanol–water partition coefficient (Wildman–Crippen LogP) is 5.87. The molecule has 26 heavy (non-hydrogen) atoms. The van der Waals surface area contributed by atoms with Crippen LogP contribution in [0.1, 0.15) is 20.7 Å². The Hall–Kier alpha value is -2.15. The Balaban J connectivity index is 1.96. The van der Waals surface area contributed by atoms with E-state index in [2.05, 4.69) is 21.2 Å². The number of rotatable bonds is 4. The van der Waals surface area contributed by atoms with Gasteiger partial charge in [0.25, 0.3) is 5.91 Å². The molecule has 0 aliphatic rings. The molecule has 0 saturated carbocycles. The Morgan fingerprint density at radius 3 is 2.35 bits per heavy atom. The summed E-state index contributed by atoms with van der Waals surface area (Å²) in [5.74, 6) is -0.811. The molecule has 1 aromatic heterocycles. The number of hydrogen-bond acceptors (Lipinski definition) is 4. The molecule has 1 amide bonds. The highest BCUT2D eigenvalue weighted by Crippen LogP contribution is 2.36. The van der Waals surface area contributed by atoms with Crippen molar-refractivity contribution in [1.29, 1.82) is 0 Å². The number of halogens is 2. The lowest BCUT2D eigenvalue weighted by Crippen LogP contribution is -2.14. The molecule has 0 radical (unpaired) electrons. The summed E-state index contributed by atoms with van der Waals surface area (Å²) in [6, 6.07) is 14.1. The second-order valence-corrected chi connectivity index (χ2v) is 7.54. The number of thiophene rings is 1. The minimum Gasteiger partial charge on any atom is -0.465 e. The molecule has 0 atom stereocenters. The Morgan fingerprint density at radius 2 is 1.73 bits per heavy atom. The largest absolute Gasteiger partial charge is 0.465 e. The van der Waals surface area contributed by atoms with Crippen LogP contribution in [0, 0.1) is 0 Å². The first-order valence-electron chi connectivity index (χ1n) is 7.52. The molecule has 7 heteroatoms. The van der Waals surface area contributed by atoms with Crippen molar-refractivity contribution in [2.45, 2.75) is 0 Å². The van der Waals surface area contributed by atoms with E-state index >= 15 is 0 Å². The van der Waals surface area contributed by atoms with E-state index in [4.69, 9.17) is 16.3 Å². The van der Waals surface area contributed by atoms with Gasteiger partial charge < -0.3 is 10.1 Å². The van der Waals surface area contributed by atoms with E-state index in [9.17, 15) is 9.59 Å². The van der Waals surface area contributed by atoms with Crippen molar-refractivity contribution in [2.24, 2.45) is 0 Å². The third-order valence-corrected chi connectivity index (χ3v) is 5.35. The summed E-state index contributed by atoms with van der Waals surface area (Å²) in [6.45, 7) is 0. The average molecular weight is 451 g/mol. The molecule has 1 heterocycles. The topological polar surface area (TPSA) is 55.4 Å². The zero-order valence-electron chi connectivity index (χ0n) is 13.6. The normalized spacial score (nSPS) is 10.4. The number of ether oxygens (including phenoxy) is 1. The minimum absolute atomic E-state index is 0.299. The van der Waals surface area contributed by atoms with E-state index < -0.39 is 5.97 Å². The molecule has 0 unspecified atom stereocenters. The number of hydrogen-bond donors (Lipinski definition) is 1. The van der Waals surface area contributed by atoms with Crippen LogP contribution in [0.3, 0.4) is 0 Å². The first-order chi connectivity index (χ1) is 12.5. The summed E-state index contributed by atoms with van der Waals surface area (Å²) < 4.78 is 5.79. The third-order valence-electron chi connectivity index (χ3n) is 3.67. The van der Waals surface area contributed by atoms with Gasteiger partial charge in [0.1, 0.15) is 10.6 Å². The second-order valence-electron chi connectivity index (χ2n) is 5.31. The van der Waals surface area contributed by atoms with Crippen molar-refractivity contribution in [3.05, 3.63) is 74.5 Å². The Morgan fingerprint density at radius 1 is 1.08 bits per heavy atom. The molecule has 1 N–H and O–H groups in total. The van der Waals surface area contributed by atoms with Crippen LogP contribution in [0.5, 0.6) is 0 Å². The van der Waals surface area contributed by atoms with Crippen LogP contribution >= 0.6 is 38.9 Å². The lowest BCUT2D eigenvalue weighted by atomic mass is 10.0. The van der Waals surface area contributed by atoms with Crippen molar-refractivity contribution in [3.63, 3.8) is 0 Å². The highest BCUT2D eigenvalue weighted by Gasteiger charge is 2.22. The molecule has 4 nitrogen and oxygen atoms in total. The number of methoxy groups -OCH3 is 1. The average Bonchev–Trinajstić information content (AvgIpc) is 3.05. The van der Waals surface area contributed by atoms with Gasteiger partial charge in [0.05, 0.1) is 7.11 Å². The van der Waals surface area contributed by atoms with E-state index in [0.717, 1.165) is 10.0 Å². The maximum Gasteiger partial charge on any atom is 0.341 e. The van der Waals surface area contributed by atoms with Crippen molar-refractivity contribution in [2.75, 3.05) is 12.4 Å². The van der Waals surface area contributed by atoms with Gasteiger partial charge in [-0.25, -0.2) is 4.79 Å². The lowest BCUT2D eigenvalue weighted by Gasteiger charge is -2.08. The molecule has 3 rings (SSSR count). The molecule has 0 saturated heterocycles. The van der Waals surface area contributed by atoms with Crippen LogP contribution in [0.2, 0.25) is 5.02 Å². The SMILES string of the molecule is COC(=O)c1c(-c2ccc(Cl)cc2)csc1NC(=O)c1ccc(Br)cc1. The third kappa shape index (κ3) is 3.98. The van der Waals surface area contributed by atoms with Gasteiger partial charge in [-0.15, -0.1) is 11.3 Å². The van der Waals surface area contributed by atoms with Crippen molar-refractivity contribution in [3.8, 4) is 11.1 Å². The summed E-state index contributed by atoms with van der Waals surface area (Å²) in [4.78, 5) is 24.8. The lowest BCUT2D eigenvalue weighted by molar-refractivity contribution is 0.0603. The zero-order valence-corrected chi connectivity index (χ0v) is 16.7. The quantitative estimate of drug-likeness (QED) is 0.506. The molecule has 3 aromatic rings. The monoisotopic (exact) mass is 449 g/mol. The number of benzene rings is 2. The summed E-state index contributed by atoms with van der Waals surface area (Å²) >= 11 is 10.5. The Labute approximate surface area is 167 Å². The van der Waals surface area contributed by atoms with Crippen molar-refractivity contribution in [1.82, 2.24) is 0 Å². The fourth-order valence-corrected chi connectivity index (χ4v) is 3.72. The van der Waals surface area contributed by atoms with Crippen LogP contribution < -0.4 is 5.32 Å². The van der Waals surface area contributed by atoms with Crippen LogP contribution in [0.4, 0.5) is 5.00 Å². The molecular weight excluding hydrogens is 438 g/mol. The molecule has 2 aromatic carbocycles. The van der Waals surface area contributed by atoms with E-state index in [0.29, 0.717) is 26.7 Å². The fraction of sp³-hybridized carbons (Fsp3) is 0.0526. The Bertz CT molecular complexity index is 952. The van der Waals surface area contributed by atoms with E-state index in [1.807, 2.05) is 17.5 Å². The zero-order chi connectivity index (χ0) is 18.7. The molecule has 132 valence electrons. The first kappa shape index (κ1) is 18.6. The van der Waals surface area contributed by atoms with Gasteiger partial charge >= 0.3 is 5.97 Å². The summed E-state index contributed by atoms with van der Waals surface area (Å²) in [6.07, 6.45) is 0. The van der Waals surface area contributed by atoms with Crippen LogP contribution in [-0.4, -0.2) is 19.0 Å². The number of carbonyl (C=O) groups excluding carboxylic acids is 2. The van der Waals surface area contributed by atoms with Crippen molar-refractivity contribution < 1.29 is 14.3 Å². The van der Waals surface area contributed by atoms with Gasteiger partial charge in [0.15, 0.2) is 0 Å². The molecule has 0 aliphatic carbocycles. The van der Waals surface area contributed by atoms with Crippen molar-refractivity contribution >= 4 is 55.7 Å². The van der Waals surface area contributed by atoms with Gasteiger partial charge in [0.2, 0.25) is 0 Å². The number of amides is 1. The van der Waals surface area contributed by atoms with Gasteiger partial charge in [0, 0.05) is 26.0 Å². The predicted molar refractivity (Wildman–Crippen MR) is 108 cm³/mol. The summed E-state index contributed by atoms with van der Waals surface area (Å²) in [7, 11) is 1.31. The van der Waals surface area contributed by atoms with E-state index in [-0.39, 0.29) is 5.91 Å². The van der Waals surface area contributed by atoms with Gasteiger partial charge in [-0.1, -0.05) is 39.7 Å². The summed E-state index contributed by atoms with van der Waals surface area (Å²) in [5, 5.41) is 5.66. The van der Waals surface area contributed by atoms with Crippen LogP contribution in [0.25, 0.3) is 11.1 Å². The fourth-order valence-electron chi connectivity index (χ4n) is 2.37. The maximum atomic E-state index is 12.5. The van der Waals surface area contributed by atoms with Gasteiger partial charge in [-0.2, -0.15) is 0 Å². The number of nitrogens with one attached hydrogen (secondary N) is 1. The number of esters is 1. The second kappa shape index (κ2) is 8.03. The molecule has 0 spiro atoms. The van der Waals surface area contributed by atoms with E-state index in [1.165, 1.54) is 18.4 Å². The molecule has 0 fully saturated rings. The Kier molecular flexibility index (Phi) is 5.76. The highest BCUT2D eigenvalue weighted by molar-refractivity contribution is 9.10. The van der Waals surface area contributed by atoms with Gasteiger partial charge in [-0.05, 0) is 42.0 Å². The number of carbonyl (C=O) groups is 2. The van der Waals surface area contributed by atoms with Crippen LogP contribution in [-0.2, 0) is 4.74 Å². The molecular formula is C19H13BrClNO3S. The van der Waals surface area contributed by atoms with Gasteiger partial charge in [-0.3, -0.25) is 4.79 Å². The van der Waals surface area contributed by atoms with Crippen LogP contribution in [0.15, 0.2) is 58.4 Å². The summed E-state index contributed by atoms with van der Waals surface area (Å²) in [5.41, 5.74) is 2.32. The minimum atomic E-state index is -0.512. The molecule has 0 aliphatic heterocycles. The number of anilines is 1. The smallest absolute Gasteiger partial charge is 0.341 e. The maximum absolute atomic E-state index is 12.5. The highest BCUT2D eigenvalue weighted by atomic mass is 79.9.